The second-order valence-corrected chi connectivity index (χ2v) is 7.27. The molecule has 0 bridgehead atoms. The van der Waals surface area contributed by atoms with Gasteiger partial charge in [0.05, 0.1) is 13.2 Å². The van der Waals surface area contributed by atoms with Crippen LogP contribution >= 0.6 is 0 Å². The van der Waals surface area contributed by atoms with Crippen LogP contribution in [0.5, 0.6) is 11.5 Å². The highest BCUT2D eigenvalue weighted by Gasteiger charge is 2.56. The molecule has 4 nitrogen and oxygen atoms in total. The van der Waals surface area contributed by atoms with Gasteiger partial charge in [-0.05, 0) is 47.9 Å². The van der Waals surface area contributed by atoms with Crippen molar-refractivity contribution in [2.45, 2.75) is 24.5 Å². The zero-order valence-electron chi connectivity index (χ0n) is 15.6. The van der Waals surface area contributed by atoms with Crippen LogP contribution < -0.4 is 14.4 Å². The minimum absolute atomic E-state index is 0.0164. The third kappa shape index (κ3) is 2.64. The fraction of sp³-hybridized carbons (Fsp3) is 0.208. The van der Waals surface area contributed by atoms with Crippen molar-refractivity contribution in [1.29, 1.82) is 0 Å². The van der Waals surface area contributed by atoms with Crippen molar-refractivity contribution in [3.05, 3.63) is 90.0 Å². The average molecular weight is 371 g/mol. The summed E-state index contributed by atoms with van der Waals surface area (Å²) in [5, 5.41) is 0. The van der Waals surface area contributed by atoms with E-state index in [1.165, 1.54) is 11.1 Å². The third-order valence-electron chi connectivity index (χ3n) is 5.72. The molecule has 5 rings (SSSR count). The van der Waals surface area contributed by atoms with E-state index in [0.29, 0.717) is 0 Å². The topological polar surface area (TPSA) is 38.8 Å². The van der Waals surface area contributed by atoms with Gasteiger partial charge in [-0.25, -0.2) is 0 Å². The van der Waals surface area contributed by atoms with Crippen LogP contribution in [0.1, 0.15) is 17.0 Å². The molecule has 0 spiro atoms. The summed E-state index contributed by atoms with van der Waals surface area (Å²) in [7, 11) is 1.64. The zero-order chi connectivity index (χ0) is 19.1. The van der Waals surface area contributed by atoms with Gasteiger partial charge in [0.2, 0.25) is 0 Å². The van der Waals surface area contributed by atoms with Gasteiger partial charge in [0, 0.05) is 11.6 Å². The Morgan fingerprint density at radius 1 is 0.929 bits per heavy atom. The van der Waals surface area contributed by atoms with Crippen molar-refractivity contribution in [3.63, 3.8) is 0 Å². The van der Waals surface area contributed by atoms with Crippen LogP contribution in [0.15, 0.2) is 78.9 Å². The minimum Gasteiger partial charge on any atom is -0.497 e. The molecule has 0 saturated carbocycles. The van der Waals surface area contributed by atoms with Crippen LogP contribution in [0.25, 0.3) is 0 Å². The number of carbonyl (C=O) groups excluding carboxylic acids is 1. The largest absolute Gasteiger partial charge is 0.497 e. The van der Waals surface area contributed by atoms with Crippen LogP contribution in [0, 0.1) is 0 Å². The molecule has 2 heterocycles. The molecule has 4 heteroatoms. The molecule has 2 aliphatic rings. The first-order chi connectivity index (χ1) is 13.8. The predicted octanol–water partition coefficient (Wildman–Crippen LogP) is 4.20. The van der Waals surface area contributed by atoms with Gasteiger partial charge < -0.3 is 14.4 Å². The summed E-state index contributed by atoms with van der Waals surface area (Å²) in [5.41, 5.74) is 3.31. The highest BCUT2D eigenvalue weighted by atomic mass is 16.5. The quantitative estimate of drug-likeness (QED) is 0.645. The van der Waals surface area contributed by atoms with E-state index in [0.717, 1.165) is 23.6 Å². The van der Waals surface area contributed by atoms with Crippen LogP contribution in [0.4, 0.5) is 5.69 Å². The second-order valence-electron chi connectivity index (χ2n) is 7.27. The summed E-state index contributed by atoms with van der Waals surface area (Å²) in [5.74, 6) is 1.80. The first-order valence-corrected chi connectivity index (χ1v) is 9.53. The molecular weight excluding hydrogens is 350 g/mol. The molecule has 0 N–H and O–H groups in total. The lowest BCUT2D eigenvalue weighted by molar-refractivity contribution is -0.136. The first-order valence-electron chi connectivity index (χ1n) is 9.53. The van der Waals surface area contributed by atoms with Gasteiger partial charge in [-0.1, -0.05) is 48.5 Å². The van der Waals surface area contributed by atoms with Crippen LogP contribution in [-0.2, 0) is 11.2 Å². The maximum Gasteiger partial charge on any atom is 0.270 e. The minimum atomic E-state index is -0.425. The van der Waals surface area contributed by atoms with Crippen molar-refractivity contribution >= 4 is 11.6 Å². The number of β-lactam (4-membered cyclic amide) rings is 1. The number of anilines is 1. The number of hydrogen-bond acceptors (Lipinski definition) is 3. The highest BCUT2D eigenvalue weighted by Crippen LogP contribution is 2.47. The van der Waals surface area contributed by atoms with E-state index in [9.17, 15) is 4.79 Å². The van der Waals surface area contributed by atoms with Gasteiger partial charge >= 0.3 is 0 Å². The Hall–Kier alpha value is -3.27. The van der Waals surface area contributed by atoms with Gasteiger partial charge in [0.25, 0.3) is 5.91 Å². The smallest absolute Gasteiger partial charge is 0.270 e. The Labute approximate surface area is 164 Å². The maximum absolute atomic E-state index is 12.9. The highest BCUT2D eigenvalue weighted by molar-refractivity contribution is 6.05. The number of benzene rings is 3. The number of hydrogen-bond donors (Lipinski definition) is 0. The Kier molecular flexibility index (Phi) is 4.05. The zero-order valence-corrected chi connectivity index (χ0v) is 15.6. The van der Waals surface area contributed by atoms with Gasteiger partial charge in [-0.3, -0.25) is 4.79 Å². The van der Waals surface area contributed by atoms with Gasteiger partial charge in [0.15, 0.2) is 6.10 Å². The lowest BCUT2D eigenvalue weighted by atomic mass is 9.75. The Morgan fingerprint density at radius 2 is 1.64 bits per heavy atom. The molecule has 3 aromatic carbocycles. The molecule has 0 aromatic heterocycles. The van der Waals surface area contributed by atoms with Crippen molar-refractivity contribution in [1.82, 2.24) is 0 Å². The Balaban J connectivity index is 1.54. The monoisotopic (exact) mass is 371 g/mol. The normalized spacial score (nSPS) is 22.5. The summed E-state index contributed by atoms with van der Waals surface area (Å²) < 4.78 is 11.3. The van der Waals surface area contributed by atoms with Crippen molar-refractivity contribution in [3.8, 4) is 11.5 Å². The Morgan fingerprint density at radius 3 is 2.39 bits per heavy atom. The molecule has 28 heavy (non-hydrogen) atoms. The standard InChI is InChI=1S/C24H21NO3/c1-27-18-13-11-17(12-14-18)25-22-20(15-16-7-3-2-4-8-16)19-9-5-6-10-21(19)28-23(22)24(25)26/h2-14,20,22-23H,15H2,1H3/t20-,22+,23-/m0/s1. The maximum atomic E-state index is 12.9. The van der Waals surface area contributed by atoms with E-state index in [-0.39, 0.29) is 17.9 Å². The summed E-state index contributed by atoms with van der Waals surface area (Å²) >= 11 is 0. The SMILES string of the molecule is COc1ccc(N2C(=O)[C@H]3Oc4ccccc4[C@H](Cc4ccccc4)[C@H]32)cc1. The number of fused-ring (bicyclic) bond motifs is 2. The number of nitrogens with zero attached hydrogens (tertiary/aromatic N) is 1. The van der Waals surface area contributed by atoms with E-state index in [1.807, 2.05) is 53.4 Å². The van der Waals surface area contributed by atoms with Crippen LogP contribution in [0.3, 0.4) is 0 Å². The number of carbonyl (C=O) groups is 1. The van der Waals surface area contributed by atoms with E-state index >= 15 is 0 Å². The molecule has 140 valence electrons. The summed E-state index contributed by atoms with van der Waals surface area (Å²) in [6, 6.07) is 26.2. The fourth-order valence-electron chi connectivity index (χ4n) is 4.35. The predicted molar refractivity (Wildman–Crippen MR) is 108 cm³/mol. The lowest BCUT2D eigenvalue weighted by Crippen LogP contribution is -2.71. The van der Waals surface area contributed by atoms with Gasteiger partial charge in [0.1, 0.15) is 11.5 Å². The number of ether oxygens (including phenoxy) is 2. The fourth-order valence-corrected chi connectivity index (χ4v) is 4.35. The van der Waals surface area contributed by atoms with E-state index in [1.54, 1.807) is 7.11 Å². The van der Waals surface area contributed by atoms with E-state index in [2.05, 4.69) is 30.3 Å². The molecule has 1 saturated heterocycles. The van der Waals surface area contributed by atoms with Crippen LogP contribution in [0.2, 0.25) is 0 Å². The van der Waals surface area contributed by atoms with Crippen LogP contribution in [-0.4, -0.2) is 25.2 Å². The molecule has 1 fully saturated rings. The van der Waals surface area contributed by atoms with Gasteiger partial charge in [-0.2, -0.15) is 0 Å². The summed E-state index contributed by atoms with van der Waals surface area (Å²) in [4.78, 5) is 14.8. The average Bonchev–Trinajstić information content (AvgIpc) is 2.75. The summed E-state index contributed by atoms with van der Waals surface area (Å²) in [6.07, 6.45) is 0.438. The van der Waals surface area contributed by atoms with Crippen molar-refractivity contribution < 1.29 is 14.3 Å². The third-order valence-corrected chi connectivity index (χ3v) is 5.72. The molecule has 3 aromatic rings. The molecule has 0 radical (unpaired) electrons. The second kappa shape index (κ2) is 6.71. The lowest BCUT2D eigenvalue weighted by Gasteiger charge is -2.53. The molecule has 0 aliphatic carbocycles. The van der Waals surface area contributed by atoms with Gasteiger partial charge in [-0.15, -0.1) is 0 Å². The number of methoxy groups -OCH3 is 1. The number of amides is 1. The Bertz CT molecular complexity index is 1000. The molecule has 2 aliphatic heterocycles. The summed E-state index contributed by atoms with van der Waals surface area (Å²) in [6.45, 7) is 0. The first kappa shape index (κ1) is 16.9. The molecule has 1 amide bonds. The number of rotatable bonds is 4. The van der Waals surface area contributed by atoms with Crippen molar-refractivity contribution in [2.75, 3.05) is 12.0 Å². The van der Waals surface area contributed by atoms with Crippen molar-refractivity contribution in [2.24, 2.45) is 0 Å². The van der Waals surface area contributed by atoms with E-state index < -0.39 is 6.10 Å². The molecular formula is C24H21NO3. The molecule has 3 atom stereocenters. The van der Waals surface area contributed by atoms with E-state index in [4.69, 9.17) is 9.47 Å². The number of para-hydroxylation sites is 1. The molecule has 0 unspecified atom stereocenters.